The van der Waals surface area contributed by atoms with E-state index in [1.165, 1.54) is 32.1 Å². The molecular formula is C36H56ClN5O3. The first-order chi connectivity index (χ1) is 21.5. The van der Waals surface area contributed by atoms with E-state index in [9.17, 15) is 9.59 Å². The summed E-state index contributed by atoms with van der Waals surface area (Å²) < 4.78 is 1.81. The van der Waals surface area contributed by atoms with Gasteiger partial charge in [-0.15, -0.1) is 0 Å². The Labute approximate surface area is 275 Å². The fourth-order valence-electron chi connectivity index (χ4n) is 7.13. The Morgan fingerprint density at radius 1 is 1.18 bits per heavy atom. The fraction of sp³-hybridized carbons (Fsp3) is 0.694. The van der Waals surface area contributed by atoms with Crippen molar-refractivity contribution >= 4 is 29.0 Å². The van der Waals surface area contributed by atoms with Crippen LogP contribution < -0.4 is 10.2 Å². The van der Waals surface area contributed by atoms with E-state index in [-0.39, 0.29) is 30.4 Å². The van der Waals surface area contributed by atoms with Crippen LogP contribution in [0.3, 0.4) is 0 Å². The number of carbonyl (C=O) groups excluding carboxylic acids is 2. The van der Waals surface area contributed by atoms with Crippen molar-refractivity contribution in [1.29, 1.82) is 0 Å². The summed E-state index contributed by atoms with van der Waals surface area (Å²) in [6.45, 7) is 16.1. The van der Waals surface area contributed by atoms with E-state index >= 15 is 0 Å². The lowest BCUT2D eigenvalue weighted by atomic mass is 9.97. The second kappa shape index (κ2) is 15.9. The van der Waals surface area contributed by atoms with Crippen molar-refractivity contribution in [3.8, 4) is 0 Å². The molecule has 0 bridgehead atoms. The van der Waals surface area contributed by atoms with E-state index < -0.39 is 0 Å². The molecule has 2 unspecified atom stereocenters. The largest absolute Gasteiger partial charge is 0.395 e. The Hall–Kier alpha value is -2.42. The van der Waals surface area contributed by atoms with Crippen molar-refractivity contribution in [2.45, 2.75) is 123 Å². The van der Waals surface area contributed by atoms with E-state index in [1.807, 2.05) is 16.8 Å². The van der Waals surface area contributed by atoms with Crippen LogP contribution in [0.4, 0.5) is 5.69 Å². The second-order valence-electron chi connectivity index (χ2n) is 13.7. The molecule has 5 rings (SSSR count). The Kier molecular flexibility index (Phi) is 12.5. The van der Waals surface area contributed by atoms with Gasteiger partial charge in [0.25, 0.3) is 0 Å². The molecule has 2 aromatic rings. The SMILES string of the molecule is CC(=O)c1nn(CC(=O)N2CCN(c3cccc(Cl)c3C)CC23CC3)c2c1[C@@H](C)CC2.CCCC(CCC(C)CC)NCCO. The minimum Gasteiger partial charge on any atom is -0.395 e. The number of hydrogen-bond donors (Lipinski definition) is 2. The molecule has 8 nitrogen and oxygen atoms in total. The molecule has 1 amide bonds. The maximum absolute atomic E-state index is 13.4. The summed E-state index contributed by atoms with van der Waals surface area (Å²) >= 11 is 6.35. The van der Waals surface area contributed by atoms with Crippen LogP contribution in [-0.4, -0.2) is 75.8 Å². The molecule has 2 heterocycles. The Balaban J connectivity index is 0.000000280. The van der Waals surface area contributed by atoms with Crippen LogP contribution in [0.15, 0.2) is 18.2 Å². The number of benzene rings is 1. The zero-order chi connectivity index (χ0) is 32.7. The smallest absolute Gasteiger partial charge is 0.244 e. The van der Waals surface area contributed by atoms with E-state index in [1.54, 1.807) is 6.92 Å². The molecule has 0 radical (unpaired) electrons. The van der Waals surface area contributed by atoms with Crippen molar-refractivity contribution in [1.82, 2.24) is 20.0 Å². The van der Waals surface area contributed by atoms with Crippen LogP contribution in [0.25, 0.3) is 0 Å². The third-order valence-electron chi connectivity index (χ3n) is 10.3. The lowest BCUT2D eigenvalue weighted by molar-refractivity contribution is -0.135. The fourth-order valence-corrected chi connectivity index (χ4v) is 7.30. The predicted molar refractivity (Wildman–Crippen MR) is 184 cm³/mol. The first-order valence-corrected chi connectivity index (χ1v) is 17.7. The minimum atomic E-state index is -0.0862. The zero-order valence-electron chi connectivity index (χ0n) is 28.5. The van der Waals surface area contributed by atoms with Crippen molar-refractivity contribution in [2.24, 2.45) is 5.92 Å². The first kappa shape index (κ1) is 35.4. The van der Waals surface area contributed by atoms with Crippen LogP contribution in [0, 0.1) is 12.8 Å². The van der Waals surface area contributed by atoms with Gasteiger partial charge in [0, 0.05) is 61.1 Å². The van der Waals surface area contributed by atoms with E-state index in [4.69, 9.17) is 16.7 Å². The average molecular weight is 642 g/mol. The molecule has 1 saturated carbocycles. The highest BCUT2D eigenvalue weighted by Gasteiger charge is 2.53. The predicted octanol–water partition coefficient (Wildman–Crippen LogP) is 6.54. The van der Waals surface area contributed by atoms with Gasteiger partial charge in [0.05, 0.1) is 12.1 Å². The summed E-state index contributed by atoms with van der Waals surface area (Å²) in [6, 6.07) is 6.65. The van der Waals surface area contributed by atoms with Crippen molar-refractivity contribution in [2.75, 3.05) is 37.7 Å². The van der Waals surface area contributed by atoms with E-state index in [0.717, 1.165) is 78.8 Å². The van der Waals surface area contributed by atoms with Crippen LogP contribution in [-0.2, 0) is 17.8 Å². The third kappa shape index (κ3) is 8.49. The Morgan fingerprint density at radius 2 is 1.93 bits per heavy atom. The molecule has 1 aromatic carbocycles. The second-order valence-corrected chi connectivity index (χ2v) is 14.1. The quantitative estimate of drug-likeness (QED) is 0.241. The molecule has 2 fully saturated rings. The molecule has 3 aliphatic rings. The van der Waals surface area contributed by atoms with Crippen LogP contribution in [0.5, 0.6) is 0 Å². The maximum Gasteiger partial charge on any atom is 0.244 e. The van der Waals surface area contributed by atoms with Crippen molar-refractivity contribution < 1.29 is 14.7 Å². The average Bonchev–Trinajstić information content (AvgIpc) is 3.51. The molecule has 1 saturated heterocycles. The molecule has 2 N–H and O–H groups in total. The van der Waals surface area contributed by atoms with Crippen LogP contribution in [0.2, 0.25) is 5.02 Å². The highest BCUT2D eigenvalue weighted by Crippen LogP contribution is 2.46. The summed E-state index contributed by atoms with van der Waals surface area (Å²) in [6.07, 6.45) is 10.3. The molecule has 1 aliphatic heterocycles. The number of aromatic nitrogens is 2. The van der Waals surface area contributed by atoms with Gasteiger partial charge in [0.2, 0.25) is 5.91 Å². The summed E-state index contributed by atoms with van der Waals surface area (Å²) in [4.78, 5) is 29.9. The number of amides is 1. The molecule has 1 spiro atoms. The highest BCUT2D eigenvalue weighted by atomic mass is 35.5. The molecule has 1 aromatic heterocycles. The summed E-state index contributed by atoms with van der Waals surface area (Å²) in [5.41, 5.74) is 4.85. The molecule has 2 aliphatic carbocycles. The maximum atomic E-state index is 13.4. The van der Waals surface area contributed by atoms with Gasteiger partial charge in [-0.3, -0.25) is 14.3 Å². The number of aliphatic hydroxyl groups is 1. The number of Topliss-reactive ketones (excluding diaryl/α,β-unsaturated/α-hetero) is 1. The number of halogens is 1. The lowest BCUT2D eigenvalue weighted by Gasteiger charge is -2.43. The first-order valence-electron chi connectivity index (χ1n) is 17.3. The highest BCUT2D eigenvalue weighted by molar-refractivity contribution is 6.31. The number of nitrogens with zero attached hydrogens (tertiary/aromatic N) is 4. The number of carbonyl (C=O) groups is 2. The van der Waals surface area contributed by atoms with Crippen LogP contribution in [0.1, 0.15) is 119 Å². The molecule has 9 heteroatoms. The van der Waals surface area contributed by atoms with Gasteiger partial charge in [-0.05, 0) is 81.4 Å². The summed E-state index contributed by atoms with van der Waals surface area (Å²) in [5, 5.41) is 17.5. The van der Waals surface area contributed by atoms with Crippen molar-refractivity contribution in [3.05, 3.63) is 45.7 Å². The lowest BCUT2D eigenvalue weighted by Crippen LogP contribution is -2.58. The molecule has 250 valence electrons. The topological polar surface area (TPSA) is 90.7 Å². The summed E-state index contributed by atoms with van der Waals surface area (Å²) in [7, 11) is 0. The number of hydrogen-bond acceptors (Lipinski definition) is 6. The monoisotopic (exact) mass is 641 g/mol. The normalized spacial score (nSPS) is 19.6. The number of piperazine rings is 1. The number of fused-ring (bicyclic) bond motifs is 1. The van der Waals surface area contributed by atoms with Gasteiger partial charge in [-0.25, -0.2) is 0 Å². The van der Waals surface area contributed by atoms with E-state index in [2.05, 4.69) is 60.9 Å². The van der Waals surface area contributed by atoms with Crippen molar-refractivity contribution in [3.63, 3.8) is 0 Å². The minimum absolute atomic E-state index is 0.0135. The van der Waals surface area contributed by atoms with Gasteiger partial charge < -0.3 is 20.2 Å². The van der Waals surface area contributed by atoms with Gasteiger partial charge >= 0.3 is 0 Å². The van der Waals surface area contributed by atoms with Gasteiger partial charge in [-0.1, -0.05) is 58.2 Å². The van der Waals surface area contributed by atoms with Crippen LogP contribution >= 0.6 is 11.6 Å². The number of nitrogens with one attached hydrogen (secondary N) is 1. The Bertz CT molecular complexity index is 1310. The summed E-state index contributed by atoms with van der Waals surface area (Å²) in [5.74, 6) is 1.27. The number of anilines is 1. The molecule has 45 heavy (non-hydrogen) atoms. The van der Waals surface area contributed by atoms with E-state index in [0.29, 0.717) is 24.2 Å². The standard InChI is InChI=1S/C24H29ClN4O2.C12H27NO/c1-15-7-8-20-22(15)23(17(3)30)26-29(20)13-21(31)28-12-11-27(14-24(28)9-10-24)19-6-4-5-18(25)16(19)2;1-4-6-12(13-9-10-14)8-7-11(3)5-2/h4-6,15H,7-14H2,1-3H3;11-14H,4-10H2,1-3H3/t15-;/m0./s1. The number of ketones is 1. The molecule has 3 atom stereocenters. The molecular weight excluding hydrogens is 586 g/mol. The van der Waals surface area contributed by atoms with Gasteiger partial charge in [0.1, 0.15) is 12.2 Å². The zero-order valence-corrected chi connectivity index (χ0v) is 29.3. The van der Waals surface area contributed by atoms with Gasteiger partial charge in [0.15, 0.2) is 5.78 Å². The Morgan fingerprint density at radius 3 is 2.58 bits per heavy atom. The number of aliphatic hydroxyl groups excluding tert-OH is 1. The third-order valence-corrected chi connectivity index (χ3v) is 10.7. The van der Waals surface area contributed by atoms with Gasteiger partial charge in [-0.2, -0.15) is 5.10 Å². The number of rotatable bonds is 13.